The van der Waals surface area contributed by atoms with E-state index in [9.17, 15) is 13.2 Å². The monoisotopic (exact) mass is 232 g/mol. The molecule has 0 atom stereocenters. The second-order valence-corrected chi connectivity index (χ2v) is 4.06. The zero-order valence-electron chi connectivity index (χ0n) is 9.30. The van der Waals surface area contributed by atoms with Gasteiger partial charge in [-0.2, -0.15) is 13.2 Å². The SMILES string of the molecule is CC(C)CNCc1cnccc1C(F)(F)F. The summed E-state index contributed by atoms with van der Waals surface area (Å²) in [7, 11) is 0. The summed E-state index contributed by atoms with van der Waals surface area (Å²) in [5.41, 5.74) is -0.422. The Balaban J connectivity index is 2.72. The first kappa shape index (κ1) is 13.0. The van der Waals surface area contributed by atoms with E-state index in [0.29, 0.717) is 12.5 Å². The number of nitrogens with one attached hydrogen (secondary N) is 1. The minimum atomic E-state index is -4.31. The molecule has 0 aromatic carbocycles. The first-order chi connectivity index (χ1) is 7.41. The fourth-order valence-corrected chi connectivity index (χ4v) is 1.34. The van der Waals surface area contributed by atoms with E-state index in [2.05, 4.69) is 10.3 Å². The van der Waals surface area contributed by atoms with Gasteiger partial charge in [-0.25, -0.2) is 0 Å². The van der Waals surface area contributed by atoms with E-state index < -0.39 is 11.7 Å². The van der Waals surface area contributed by atoms with Crippen molar-refractivity contribution >= 4 is 0 Å². The number of alkyl halides is 3. The minimum absolute atomic E-state index is 0.190. The molecule has 90 valence electrons. The molecule has 0 saturated carbocycles. The maximum Gasteiger partial charge on any atom is 0.416 e. The maximum absolute atomic E-state index is 12.6. The van der Waals surface area contributed by atoms with Crippen LogP contribution in [0.2, 0.25) is 0 Å². The third-order valence-corrected chi connectivity index (χ3v) is 2.08. The molecule has 0 fully saturated rings. The summed E-state index contributed by atoms with van der Waals surface area (Å²) in [6.07, 6.45) is -1.89. The number of halogens is 3. The van der Waals surface area contributed by atoms with Gasteiger partial charge in [0.15, 0.2) is 0 Å². The highest BCUT2D eigenvalue weighted by atomic mass is 19.4. The lowest BCUT2D eigenvalue weighted by atomic mass is 10.1. The Morgan fingerprint density at radius 2 is 2.06 bits per heavy atom. The molecule has 0 amide bonds. The summed E-state index contributed by atoms with van der Waals surface area (Å²) >= 11 is 0. The van der Waals surface area contributed by atoms with Crippen LogP contribution in [0.1, 0.15) is 25.0 Å². The molecular formula is C11H15F3N2. The summed E-state index contributed by atoms with van der Waals surface area (Å²) in [4.78, 5) is 3.72. The quantitative estimate of drug-likeness (QED) is 0.863. The molecule has 0 aliphatic carbocycles. The van der Waals surface area contributed by atoms with Gasteiger partial charge in [-0.1, -0.05) is 13.8 Å². The average Bonchev–Trinajstić information content (AvgIpc) is 2.16. The molecule has 0 aliphatic heterocycles. The Labute approximate surface area is 92.9 Å². The molecule has 5 heteroatoms. The van der Waals surface area contributed by atoms with Crippen LogP contribution in [-0.2, 0) is 12.7 Å². The van der Waals surface area contributed by atoms with Crippen molar-refractivity contribution < 1.29 is 13.2 Å². The molecule has 0 spiro atoms. The van der Waals surface area contributed by atoms with Crippen LogP contribution in [0.3, 0.4) is 0 Å². The smallest absolute Gasteiger partial charge is 0.312 e. The van der Waals surface area contributed by atoms with Crippen molar-refractivity contribution in [1.82, 2.24) is 10.3 Å². The van der Waals surface area contributed by atoms with Gasteiger partial charge >= 0.3 is 6.18 Å². The van der Waals surface area contributed by atoms with Crippen molar-refractivity contribution in [3.63, 3.8) is 0 Å². The van der Waals surface area contributed by atoms with Gasteiger partial charge in [0.2, 0.25) is 0 Å². The topological polar surface area (TPSA) is 24.9 Å². The molecule has 1 rings (SSSR count). The van der Waals surface area contributed by atoms with Crippen LogP contribution in [0.4, 0.5) is 13.2 Å². The van der Waals surface area contributed by atoms with Gasteiger partial charge < -0.3 is 5.32 Å². The van der Waals surface area contributed by atoms with E-state index in [-0.39, 0.29) is 12.1 Å². The van der Waals surface area contributed by atoms with Crippen molar-refractivity contribution in [3.8, 4) is 0 Å². The van der Waals surface area contributed by atoms with E-state index >= 15 is 0 Å². The average molecular weight is 232 g/mol. The zero-order chi connectivity index (χ0) is 12.2. The number of hydrogen-bond acceptors (Lipinski definition) is 2. The Morgan fingerprint density at radius 1 is 1.38 bits per heavy atom. The summed E-state index contributed by atoms with van der Waals surface area (Å²) in [6.45, 7) is 4.88. The first-order valence-corrected chi connectivity index (χ1v) is 5.12. The molecule has 1 heterocycles. The highest BCUT2D eigenvalue weighted by Crippen LogP contribution is 2.31. The second kappa shape index (κ2) is 5.30. The molecule has 1 aromatic heterocycles. The fraction of sp³-hybridized carbons (Fsp3) is 0.545. The van der Waals surface area contributed by atoms with E-state index in [0.717, 1.165) is 12.3 Å². The van der Waals surface area contributed by atoms with E-state index in [1.54, 1.807) is 0 Å². The summed E-state index contributed by atoms with van der Waals surface area (Å²) < 4.78 is 37.7. The predicted molar refractivity (Wildman–Crippen MR) is 55.8 cm³/mol. The molecule has 0 radical (unpaired) electrons. The van der Waals surface area contributed by atoms with E-state index in [1.165, 1.54) is 6.20 Å². The van der Waals surface area contributed by atoms with Gasteiger partial charge in [-0.15, -0.1) is 0 Å². The van der Waals surface area contributed by atoms with Crippen LogP contribution in [0, 0.1) is 5.92 Å². The largest absolute Gasteiger partial charge is 0.416 e. The summed E-state index contributed by atoms with van der Waals surface area (Å²) in [6, 6.07) is 1.01. The summed E-state index contributed by atoms with van der Waals surface area (Å²) in [5.74, 6) is 0.408. The molecule has 16 heavy (non-hydrogen) atoms. The normalized spacial score (nSPS) is 12.1. The van der Waals surface area contributed by atoms with Gasteiger partial charge in [0.05, 0.1) is 5.56 Å². The Kier molecular flexibility index (Phi) is 4.29. The Bertz CT molecular complexity index is 334. The fourth-order valence-electron chi connectivity index (χ4n) is 1.34. The lowest BCUT2D eigenvalue weighted by Gasteiger charge is -2.13. The predicted octanol–water partition coefficient (Wildman–Crippen LogP) is 2.85. The van der Waals surface area contributed by atoms with Crippen LogP contribution in [0.5, 0.6) is 0 Å². The molecule has 0 bridgehead atoms. The first-order valence-electron chi connectivity index (χ1n) is 5.12. The molecule has 2 nitrogen and oxygen atoms in total. The number of rotatable bonds is 4. The van der Waals surface area contributed by atoms with Crippen molar-refractivity contribution in [3.05, 3.63) is 29.6 Å². The van der Waals surface area contributed by atoms with Crippen molar-refractivity contribution in [2.45, 2.75) is 26.6 Å². The number of pyridine rings is 1. The maximum atomic E-state index is 12.6. The van der Waals surface area contributed by atoms with Crippen LogP contribution in [-0.4, -0.2) is 11.5 Å². The van der Waals surface area contributed by atoms with Gasteiger partial charge in [0.25, 0.3) is 0 Å². The van der Waals surface area contributed by atoms with Crippen molar-refractivity contribution in [2.75, 3.05) is 6.54 Å². The summed E-state index contributed by atoms with van der Waals surface area (Å²) in [5, 5.41) is 2.97. The molecule has 0 unspecified atom stereocenters. The Morgan fingerprint density at radius 3 is 2.62 bits per heavy atom. The number of hydrogen-bond donors (Lipinski definition) is 1. The van der Waals surface area contributed by atoms with E-state index in [1.807, 2.05) is 13.8 Å². The van der Waals surface area contributed by atoms with Crippen molar-refractivity contribution in [1.29, 1.82) is 0 Å². The highest BCUT2D eigenvalue weighted by molar-refractivity contribution is 5.25. The Hall–Kier alpha value is -1.10. The standard InChI is InChI=1S/C11H15F3N2/c1-8(2)5-16-7-9-6-15-4-3-10(9)11(12,13)14/h3-4,6,8,16H,5,7H2,1-2H3. The molecule has 0 saturated heterocycles. The third-order valence-electron chi connectivity index (χ3n) is 2.08. The van der Waals surface area contributed by atoms with Crippen LogP contribution in [0.25, 0.3) is 0 Å². The van der Waals surface area contributed by atoms with Gasteiger partial charge in [0, 0.05) is 18.9 Å². The number of nitrogens with zero attached hydrogens (tertiary/aromatic N) is 1. The molecule has 0 aliphatic rings. The molecule has 1 N–H and O–H groups in total. The van der Waals surface area contributed by atoms with Crippen LogP contribution < -0.4 is 5.32 Å². The van der Waals surface area contributed by atoms with Gasteiger partial charge in [-0.05, 0) is 24.1 Å². The highest BCUT2D eigenvalue weighted by Gasteiger charge is 2.32. The molecule has 1 aromatic rings. The number of aromatic nitrogens is 1. The zero-order valence-corrected chi connectivity index (χ0v) is 9.30. The van der Waals surface area contributed by atoms with Gasteiger partial charge in [-0.3, -0.25) is 4.98 Å². The van der Waals surface area contributed by atoms with Crippen LogP contribution >= 0.6 is 0 Å². The molecular weight excluding hydrogens is 217 g/mol. The second-order valence-electron chi connectivity index (χ2n) is 4.06. The third kappa shape index (κ3) is 3.81. The van der Waals surface area contributed by atoms with Gasteiger partial charge in [0.1, 0.15) is 0 Å². The van der Waals surface area contributed by atoms with E-state index in [4.69, 9.17) is 0 Å². The minimum Gasteiger partial charge on any atom is -0.312 e. The van der Waals surface area contributed by atoms with Crippen molar-refractivity contribution in [2.24, 2.45) is 5.92 Å². The lowest BCUT2D eigenvalue weighted by molar-refractivity contribution is -0.138. The lowest BCUT2D eigenvalue weighted by Crippen LogP contribution is -2.21. The van der Waals surface area contributed by atoms with Crippen LogP contribution in [0.15, 0.2) is 18.5 Å².